The molecule has 5 nitrogen and oxygen atoms in total. The maximum atomic E-state index is 12.0. The average Bonchev–Trinajstić information content (AvgIpc) is 2.80. The van der Waals surface area contributed by atoms with Crippen LogP contribution in [0.1, 0.15) is 25.3 Å². The van der Waals surface area contributed by atoms with E-state index >= 15 is 0 Å². The summed E-state index contributed by atoms with van der Waals surface area (Å²) in [5.41, 5.74) is 8.88. The monoisotopic (exact) mass is 286 g/mol. The first-order chi connectivity index (χ1) is 10.0. The van der Waals surface area contributed by atoms with Crippen molar-refractivity contribution in [3.05, 3.63) is 35.9 Å². The molecular weight excluding hydrogens is 264 g/mol. The van der Waals surface area contributed by atoms with Crippen LogP contribution in [0.25, 0.3) is 11.3 Å². The van der Waals surface area contributed by atoms with E-state index in [4.69, 9.17) is 5.73 Å². The minimum Gasteiger partial charge on any atom is -0.320 e. The normalized spacial score (nSPS) is 12.2. The first kappa shape index (κ1) is 15.3. The number of anilines is 1. The van der Waals surface area contributed by atoms with Crippen LogP contribution in [0.15, 0.2) is 30.3 Å². The van der Waals surface area contributed by atoms with E-state index in [1.165, 1.54) is 0 Å². The van der Waals surface area contributed by atoms with Gasteiger partial charge in [-0.05, 0) is 18.9 Å². The van der Waals surface area contributed by atoms with Crippen LogP contribution in [0.4, 0.5) is 5.82 Å². The Morgan fingerprint density at radius 1 is 1.43 bits per heavy atom. The summed E-state index contributed by atoms with van der Waals surface area (Å²) in [5, 5.41) is 7.30. The standard InChI is InChI=1S/C16H22N4O/c1-4-7-13(17)16(21)18-15-10-14(19-20(15)3)12-9-6-5-8-11(12)2/h5-6,8-10,13H,4,7,17H2,1-3H3,(H,18,21). The molecule has 0 saturated heterocycles. The zero-order chi connectivity index (χ0) is 15.4. The molecule has 0 radical (unpaired) electrons. The predicted molar refractivity (Wildman–Crippen MR) is 84.9 cm³/mol. The smallest absolute Gasteiger partial charge is 0.242 e. The second-order valence-corrected chi connectivity index (χ2v) is 5.24. The Morgan fingerprint density at radius 2 is 2.14 bits per heavy atom. The number of aromatic nitrogens is 2. The highest BCUT2D eigenvalue weighted by Gasteiger charge is 2.15. The van der Waals surface area contributed by atoms with Crippen LogP contribution in [0.3, 0.4) is 0 Å². The molecule has 112 valence electrons. The molecule has 0 fully saturated rings. The summed E-state index contributed by atoms with van der Waals surface area (Å²) in [6.07, 6.45) is 1.56. The van der Waals surface area contributed by atoms with Gasteiger partial charge in [0.15, 0.2) is 0 Å². The summed E-state index contributed by atoms with van der Waals surface area (Å²) in [7, 11) is 1.81. The van der Waals surface area contributed by atoms with E-state index in [2.05, 4.69) is 10.4 Å². The third-order valence-electron chi connectivity index (χ3n) is 3.49. The lowest BCUT2D eigenvalue weighted by molar-refractivity contribution is -0.117. The number of carbonyl (C=O) groups is 1. The van der Waals surface area contributed by atoms with Crippen LogP contribution >= 0.6 is 0 Å². The second-order valence-electron chi connectivity index (χ2n) is 5.24. The van der Waals surface area contributed by atoms with Gasteiger partial charge in [0.25, 0.3) is 0 Å². The molecule has 3 N–H and O–H groups in total. The molecule has 1 heterocycles. The van der Waals surface area contributed by atoms with Crippen molar-refractivity contribution in [2.75, 3.05) is 5.32 Å². The number of nitrogens with zero attached hydrogens (tertiary/aromatic N) is 2. The second kappa shape index (κ2) is 6.54. The maximum Gasteiger partial charge on any atom is 0.242 e. The number of aryl methyl sites for hydroxylation is 2. The molecule has 5 heteroatoms. The Labute approximate surface area is 125 Å². The molecule has 2 aromatic rings. The number of rotatable bonds is 5. The number of benzene rings is 1. The minimum atomic E-state index is -0.480. The van der Waals surface area contributed by atoms with E-state index < -0.39 is 6.04 Å². The molecule has 1 amide bonds. The predicted octanol–water partition coefficient (Wildman–Crippen LogP) is 2.46. The van der Waals surface area contributed by atoms with Crippen molar-refractivity contribution in [3.8, 4) is 11.3 Å². The summed E-state index contributed by atoms with van der Waals surface area (Å²) >= 11 is 0. The van der Waals surface area contributed by atoms with Gasteiger partial charge in [-0.3, -0.25) is 9.48 Å². The molecule has 0 aliphatic rings. The lowest BCUT2D eigenvalue weighted by atomic mass is 10.1. The van der Waals surface area contributed by atoms with Gasteiger partial charge in [-0.25, -0.2) is 0 Å². The fourth-order valence-electron chi connectivity index (χ4n) is 2.24. The van der Waals surface area contributed by atoms with Gasteiger partial charge in [0.1, 0.15) is 5.82 Å². The van der Waals surface area contributed by atoms with Crippen LogP contribution in [0.2, 0.25) is 0 Å². The van der Waals surface area contributed by atoms with Crippen molar-refractivity contribution < 1.29 is 4.79 Å². The van der Waals surface area contributed by atoms with Crippen molar-refractivity contribution in [1.82, 2.24) is 9.78 Å². The summed E-state index contributed by atoms with van der Waals surface area (Å²) in [6.45, 7) is 4.05. The summed E-state index contributed by atoms with van der Waals surface area (Å²) in [5.74, 6) is 0.487. The van der Waals surface area contributed by atoms with E-state index in [1.807, 2.05) is 51.2 Å². The van der Waals surface area contributed by atoms with Gasteiger partial charge < -0.3 is 11.1 Å². The van der Waals surface area contributed by atoms with Crippen LogP contribution in [0.5, 0.6) is 0 Å². The topological polar surface area (TPSA) is 72.9 Å². The zero-order valence-corrected chi connectivity index (χ0v) is 12.8. The Bertz CT molecular complexity index is 633. The van der Waals surface area contributed by atoms with Gasteiger partial charge >= 0.3 is 0 Å². The number of carbonyl (C=O) groups excluding carboxylic acids is 1. The highest BCUT2D eigenvalue weighted by Crippen LogP contribution is 2.24. The third kappa shape index (κ3) is 3.49. The van der Waals surface area contributed by atoms with Crippen LogP contribution in [0, 0.1) is 6.92 Å². The molecule has 2 rings (SSSR count). The van der Waals surface area contributed by atoms with Crippen LogP contribution < -0.4 is 11.1 Å². The first-order valence-corrected chi connectivity index (χ1v) is 7.19. The van der Waals surface area contributed by atoms with Crippen molar-refractivity contribution in [2.45, 2.75) is 32.7 Å². The van der Waals surface area contributed by atoms with E-state index in [1.54, 1.807) is 4.68 Å². The lowest BCUT2D eigenvalue weighted by Crippen LogP contribution is -2.35. The van der Waals surface area contributed by atoms with Gasteiger partial charge in [0.05, 0.1) is 11.7 Å². The highest BCUT2D eigenvalue weighted by molar-refractivity contribution is 5.94. The van der Waals surface area contributed by atoms with Crippen molar-refractivity contribution in [1.29, 1.82) is 0 Å². The largest absolute Gasteiger partial charge is 0.320 e. The number of hydrogen-bond acceptors (Lipinski definition) is 3. The van der Waals surface area contributed by atoms with Gasteiger partial charge in [-0.1, -0.05) is 37.6 Å². The Balaban J connectivity index is 2.20. The fourth-order valence-corrected chi connectivity index (χ4v) is 2.24. The molecule has 1 aromatic carbocycles. The van der Waals surface area contributed by atoms with Gasteiger partial charge in [-0.2, -0.15) is 5.10 Å². The van der Waals surface area contributed by atoms with Crippen molar-refractivity contribution in [2.24, 2.45) is 12.8 Å². The molecule has 0 aliphatic carbocycles. The van der Waals surface area contributed by atoms with E-state index in [9.17, 15) is 4.79 Å². The average molecular weight is 286 g/mol. The van der Waals surface area contributed by atoms with E-state index in [0.717, 1.165) is 23.2 Å². The fraction of sp³-hybridized carbons (Fsp3) is 0.375. The molecule has 0 saturated carbocycles. The zero-order valence-electron chi connectivity index (χ0n) is 12.8. The molecule has 1 aromatic heterocycles. The number of hydrogen-bond donors (Lipinski definition) is 2. The van der Waals surface area contributed by atoms with E-state index in [-0.39, 0.29) is 5.91 Å². The molecular formula is C16H22N4O. The summed E-state index contributed by atoms with van der Waals surface area (Å²) in [6, 6.07) is 9.43. The number of nitrogens with two attached hydrogens (primary N) is 1. The van der Waals surface area contributed by atoms with Gasteiger partial charge in [0.2, 0.25) is 5.91 Å². The maximum absolute atomic E-state index is 12.0. The Hall–Kier alpha value is -2.14. The van der Waals surface area contributed by atoms with Crippen LogP contribution in [-0.4, -0.2) is 21.7 Å². The summed E-state index contributed by atoms with van der Waals surface area (Å²) in [4.78, 5) is 12.0. The highest BCUT2D eigenvalue weighted by atomic mass is 16.2. The summed E-state index contributed by atoms with van der Waals surface area (Å²) < 4.78 is 1.67. The SMILES string of the molecule is CCCC(N)C(=O)Nc1cc(-c2ccccc2C)nn1C. The third-order valence-corrected chi connectivity index (χ3v) is 3.49. The number of nitrogens with one attached hydrogen (secondary N) is 1. The first-order valence-electron chi connectivity index (χ1n) is 7.19. The van der Waals surface area contributed by atoms with Crippen LogP contribution in [-0.2, 0) is 11.8 Å². The van der Waals surface area contributed by atoms with Crippen molar-refractivity contribution in [3.63, 3.8) is 0 Å². The van der Waals surface area contributed by atoms with Gasteiger partial charge in [-0.15, -0.1) is 0 Å². The molecule has 1 unspecified atom stereocenters. The molecule has 0 spiro atoms. The van der Waals surface area contributed by atoms with Gasteiger partial charge in [0, 0.05) is 18.7 Å². The molecule has 0 aliphatic heterocycles. The number of amides is 1. The molecule has 21 heavy (non-hydrogen) atoms. The van der Waals surface area contributed by atoms with Crippen molar-refractivity contribution >= 4 is 11.7 Å². The van der Waals surface area contributed by atoms with E-state index in [0.29, 0.717) is 12.2 Å². The Morgan fingerprint density at radius 3 is 2.81 bits per heavy atom. The quantitative estimate of drug-likeness (QED) is 0.886. The molecule has 1 atom stereocenters. The molecule has 0 bridgehead atoms. The Kier molecular flexibility index (Phi) is 4.75. The minimum absolute atomic E-state index is 0.170. The lowest BCUT2D eigenvalue weighted by Gasteiger charge is -2.10.